The molecule has 0 saturated heterocycles. The van der Waals surface area contributed by atoms with Gasteiger partial charge in [0.05, 0.1) is 12.5 Å². The van der Waals surface area contributed by atoms with Crippen molar-refractivity contribution in [2.75, 3.05) is 12.4 Å². The molecule has 36 heavy (non-hydrogen) atoms. The lowest BCUT2D eigenvalue weighted by molar-refractivity contribution is -0.115. The molecule has 1 aliphatic rings. The lowest BCUT2D eigenvalue weighted by atomic mass is 10.00. The first-order valence-corrected chi connectivity index (χ1v) is 12.5. The predicted molar refractivity (Wildman–Crippen MR) is 138 cm³/mol. The number of halogens is 3. The summed E-state index contributed by atoms with van der Waals surface area (Å²) in [7, 11) is 1.82. The molecule has 0 radical (unpaired) electrons. The number of anilines is 1. The van der Waals surface area contributed by atoms with Gasteiger partial charge in [0.25, 0.3) is 11.8 Å². The summed E-state index contributed by atoms with van der Waals surface area (Å²) in [5.74, 6) is -2.80. The van der Waals surface area contributed by atoms with Gasteiger partial charge in [-0.05, 0) is 66.3 Å². The minimum Gasteiger partial charge on any atom is -0.334 e. The van der Waals surface area contributed by atoms with Crippen LogP contribution in [-0.2, 0) is 17.1 Å². The average Bonchev–Trinajstić information content (AvgIpc) is 3.71. The van der Waals surface area contributed by atoms with Crippen LogP contribution in [0.4, 0.5) is 14.5 Å². The van der Waals surface area contributed by atoms with Crippen LogP contribution >= 0.6 is 11.6 Å². The Morgan fingerprint density at radius 1 is 1.00 bits per heavy atom. The molecule has 3 aromatic rings. The second kappa shape index (κ2) is 10.8. The van der Waals surface area contributed by atoms with E-state index in [1.54, 1.807) is 41.3 Å². The third-order valence-corrected chi connectivity index (χ3v) is 6.87. The highest BCUT2D eigenvalue weighted by molar-refractivity contribution is 6.30. The molecule has 1 aliphatic carbocycles. The molecule has 4 nitrogen and oxygen atoms in total. The molecule has 1 fully saturated rings. The van der Waals surface area contributed by atoms with Gasteiger partial charge in [-0.3, -0.25) is 9.59 Å². The minimum atomic E-state index is -2.87. The highest BCUT2D eigenvalue weighted by Crippen LogP contribution is 2.44. The zero-order valence-corrected chi connectivity index (χ0v) is 21.1. The molecule has 3 aromatic carbocycles. The Morgan fingerprint density at radius 2 is 1.61 bits per heavy atom. The van der Waals surface area contributed by atoms with E-state index in [1.165, 1.54) is 19.1 Å². The van der Waals surface area contributed by atoms with Crippen LogP contribution < -0.4 is 5.32 Å². The highest BCUT2D eigenvalue weighted by Gasteiger charge is 2.37. The first-order chi connectivity index (χ1) is 17.2. The molecule has 1 saturated carbocycles. The molecular weight excluding hydrogens is 482 g/mol. The van der Waals surface area contributed by atoms with Crippen molar-refractivity contribution in [1.29, 1.82) is 0 Å². The van der Waals surface area contributed by atoms with Crippen LogP contribution in [0.25, 0.3) is 0 Å². The van der Waals surface area contributed by atoms with E-state index in [4.69, 9.17) is 11.6 Å². The summed E-state index contributed by atoms with van der Waals surface area (Å²) in [6, 6.07) is 20.2. The lowest BCUT2D eigenvalue weighted by Gasteiger charge is -2.29. The maximum atomic E-state index is 13.8. The SMILES string of the molecule is CCC(F)(F)c1ccc(CC(=O)Nc2ccc(C(=O)N(C)[C@@H](c3ccc(Cl)cc3)C3CC3)cc2)cc1. The van der Waals surface area contributed by atoms with Crippen molar-refractivity contribution in [2.45, 2.75) is 44.6 Å². The molecule has 1 N–H and O–H groups in total. The average molecular weight is 511 g/mol. The van der Waals surface area contributed by atoms with Crippen LogP contribution in [0.2, 0.25) is 5.02 Å². The largest absolute Gasteiger partial charge is 0.334 e. The Kier molecular flexibility index (Phi) is 7.74. The molecule has 4 rings (SSSR count). The zero-order valence-electron chi connectivity index (χ0n) is 20.3. The van der Waals surface area contributed by atoms with Crippen LogP contribution in [-0.4, -0.2) is 23.8 Å². The number of hydrogen-bond donors (Lipinski definition) is 1. The molecule has 7 heteroatoms. The summed E-state index contributed by atoms with van der Waals surface area (Å²) >= 11 is 6.04. The van der Waals surface area contributed by atoms with E-state index in [2.05, 4.69) is 5.32 Å². The summed E-state index contributed by atoms with van der Waals surface area (Å²) in [6.07, 6.45) is 1.95. The summed E-state index contributed by atoms with van der Waals surface area (Å²) < 4.78 is 27.6. The quantitative estimate of drug-likeness (QED) is 0.329. The van der Waals surface area contributed by atoms with Gasteiger partial charge in [-0.1, -0.05) is 54.9 Å². The Bertz CT molecular complexity index is 1210. The number of alkyl halides is 2. The Labute approximate surface area is 215 Å². The van der Waals surface area contributed by atoms with Crippen molar-refractivity contribution in [3.8, 4) is 0 Å². The Hall–Kier alpha value is -3.25. The number of amides is 2. The number of carbonyl (C=O) groups excluding carboxylic acids is 2. The fourth-order valence-corrected chi connectivity index (χ4v) is 4.50. The van der Waals surface area contributed by atoms with E-state index < -0.39 is 5.92 Å². The Balaban J connectivity index is 1.37. The smallest absolute Gasteiger partial charge is 0.273 e. The van der Waals surface area contributed by atoms with Gasteiger partial charge in [0, 0.05) is 35.3 Å². The van der Waals surface area contributed by atoms with Gasteiger partial charge >= 0.3 is 0 Å². The van der Waals surface area contributed by atoms with Crippen molar-refractivity contribution >= 4 is 29.1 Å². The highest BCUT2D eigenvalue weighted by atomic mass is 35.5. The van der Waals surface area contributed by atoms with Gasteiger partial charge in [0.2, 0.25) is 5.91 Å². The van der Waals surface area contributed by atoms with Crippen molar-refractivity contribution in [2.24, 2.45) is 5.92 Å². The molecule has 0 aromatic heterocycles. The van der Waals surface area contributed by atoms with E-state index in [9.17, 15) is 18.4 Å². The van der Waals surface area contributed by atoms with Gasteiger partial charge < -0.3 is 10.2 Å². The van der Waals surface area contributed by atoms with E-state index in [0.717, 1.165) is 18.4 Å². The first kappa shape index (κ1) is 25.8. The van der Waals surface area contributed by atoms with Crippen LogP contribution in [0.5, 0.6) is 0 Å². The molecule has 0 spiro atoms. The normalized spacial score (nSPS) is 14.2. The number of nitrogens with zero attached hydrogens (tertiary/aromatic N) is 1. The van der Waals surface area contributed by atoms with Crippen molar-refractivity contribution < 1.29 is 18.4 Å². The van der Waals surface area contributed by atoms with Gasteiger partial charge in [0.15, 0.2) is 0 Å². The second-order valence-corrected chi connectivity index (χ2v) is 9.74. The monoisotopic (exact) mass is 510 g/mol. The Morgan fingerprint density at radius 3 is 2.17 bits per heavy atom. The standard InChI is InChI=1S/C29H29ClF2N2O2/c1-3-29(31,32)23-12-4-19(5-13-23)18-26(35)33-25-16-10-22(11-17-25)28(36)34(2)27(20-6-7-20)21-8-14-24(30)15-9-21/h4-5,8-17,20,27H,3,6-7,18H2,1-2H3,(H,33,35)/t27-/m1/s1. The summed E-state index contributed by atoms with van der Waals surface area (Å²) in [6.45, 7) is 1.43. The third-order valence-electron chi connectivity index (χ3n) is 6.62. The minimum absolute atomic E-state index is 0.0159. The zero-order chi connectivity index (χ0) is 25.9. The van der Waals surface area contributed by atoms with Crippen molar-refractivity contribution in [3.63, 3.8) is 0 Å². The van der Waals surface area contributed by atoms with E-state index in [1.807, 2.05) is 31.3 Å². The molecule has 2 amide bonds. The summed E-state index contributed by atoms with van der Waals surface area (Å²) in [5.41, 5.74) is 2.74. The van der Waals surface area contributed by atoms with E-state index in [-0.39, 0.29) is 36.3 Å². The summed E-state index contributed by atoms with van der Waals surface area (Å²) in [4.78, 5) is 27.4. The maximum Gasteiger partial charge on any atom is 0.273 e. The van der Waals surface area contributed by atoms with Crippen LogP contribution in [0.1, 0.15) is 59.3 Å². The van der Waals surface area contributed by atoms with E-state index in [0.29, 0.717) is 27.8 Å². The van der Waals surface area contributed by atoms with E-state index >= 15 is 0 Å². The molecular formula is C29H29ClF2N2O2. The van der Waals surface area contributed by atoms with Crippen LogP contribution in [0.3, 0.4) is 0 Å². The number of hydrogen-bond acceptors (Lipinski definition) is 2. The van der Waals surface area contributed by atoms with Gasteiger partial charge in [-0.2, -0.15) is 0 Å². The molecule has 188 valence electrons. The fraction of sp³-hybridized carbons (Fsp3) is 0.310. The summed E-state index contributed by atoms with van der Waals surface area (Å²) in [5, 5.41) is 3.46. The molecule has 1 atom stereocenters. The molecule has 0 bridgehead atoms. The lowest BCUT2D eigenvalue weighted by Crippen LogP contribution is -2.32. The predicted octanol–water partition coefficient (Wildman–Crippen LogP) is 7.25. The van der Waals surface area contributed by atoms with Crippen molar-refractivity contribution in [3.05, 3.63) is 100 Å². The number of carbonyl (C=O) groups is 2. The van der Waals surface area contributed by atoms with Gasteiger partial charge in [-0.15, -0.1) is 0 Å². The van der Waals surface area contributed by atoms with Gasteiger partial charge in [0.1, 0.15) is 0 Å². The number of nitrogens with one attached hydrogen (secondary N) is 1. The van der Waals surface area contributed by atoms with Gasteiger partial charge in [-0.25, -0.2) is 8.78 Å². The maximum absolute atomic E-state index is 13.8. The van der Waals surface area contributed by atoms with Crippen LogP contribution in [0, 0.1) is 5.92 Å². The first-order valence-electron chi connectivity index (χ1n) is 12.1. The van der Waals surface area contributed by atoms with Crippen LogP contribution in [0.15, 0.2) is 72.8 Å². The molecule has 0 aliphatic heterocycles. The molecule has 0 unspecified atom stereocenters. The fourth-order valence-electron chi connectivity index (χ4n) is 4.37. The second-order valence-electron chi connectivity index (χ2n) is 9.31. The van der Waals surface area contributed by atoms with Crippen molar-refractivity contribution in [1.82, 2.24) is 4.90 Å². The molecule has 0 heterocycles. The topological polar surface area (TPSA) is 49.4 Å². The number of rotatable bonds is 9. The number of benzene rings is 3. The third kappa shape index (κ3) is 6.11.